The van der Waals surface area contributed by atoms with Gasteiger partial charge in [-0.05, 0) is 41.5 Å². The molecule has 3 aromatic rings. The number of nitrogens with two attached hydrogens (primary N) is 1. The van der Waals surface area contributed by atoms with Gasteiger partial charge in [0.05, 0.1) is 26.3 Å². The molecule has 5 nitrogen and oxygen atoms in total. The maximum absolute atomic E-state index is 11.7. The SMILES string of the molecule is C#CCn1cc(Cc2ccc(C(=O)OC)cc2OC)c2cc(N)ccc21. The van der Waals surface area contributed by atoms with Crippen LogP contribution in [-0.2, 0) is 17.7 Å². The molecule has 0 spiro atoms. The van der Waals surface area contributed by atoms with E-state index in [0.717, 1.165) is 22.0 Å². The van der Waals surface area contributed by atoms with Gasteiger partial charge in [-0.1, -0.05) is 12.0 Å². The van der Waals surface area contributed by atoms with Gasteiger partial charge in [-0.15, -0.1) is 6.42 Å². The van der Waals surface area contributed by atoms with E-state index in [1.807, 2.05) is 35.0 Å². The predicted molar refractivity (Wildman–Crippen MR) is 102 cm³/mol. The number of carbonyl (C=O) groups is 1. The lowest BCUT2D eigenvalue weighted by Crippen LogP contribution is -2.03. The summed E-state index contributed by atoms with van der Waals surface area (Å²) in [6.45, 7) is 0.485. The number of hydrogen-bond acceptors (Lipinski definition) is 4. The molecule has 0 atom stereocenters. The van der Waals surface area contributed by atoms with Crippen molar-refractivity contribution in [3.63, 3.8) is 0 Å². The maximum Gasteiger partial charge on any atom is 0.337 e. The highest BCUT2D eigenvalue weighted by molar-refractivity contribution is 5.90. The fraction of sp³-hybridized carbons (Fsp3) is 0.190. The van der Waals surface area contributed by atoms with Crippen LogP contribution < -0.4 is 10.5 Å². The number of ether oxygens (including phenoxy) is 2. The number of methoxy groups -OCH3 is 2. The molecule has 0 saturated heterocycles. The molecule has 132 valence electrons. The molecule has 2 N–H and O–H groups in total. The van der Waals surface area contributed by atoms with Crippen molar-refractivity contribution in [1.29, 1.82) is 0 Å². The number of benzene rings is 2. The van der Waals surface area contributed by atoms with E-state index in [1.165, 1.54) is 7.11 Å². The van der Waals surface area contributed by atoms with Crippen molar-refractivity contribution in [3.8, 4) is 18.1 Å². The van der Waals surface area contributed by atoms with Crippen LogP contribution in [0.4, 0.5) is 5.69 Å². The van der Waals surface area contributed by atoms with Crippen molar-refractivity contribution in [2.75, 3.05) is 20.0 Å². The van der Waals surface area contributed by atoms with Crippen molar-refractivity contribution >= 4 is 22.6 Å². The molecule has 1 heterocycles. The summed E-state index contributed by atoms with van der Waals surface area (Å²) in [5.41, 5.74) is 10.2. The second-order valence-electron chi connectivity index (χ2n) is 5.96. The molecule has 3 rings (SSSR count). The minimum absolute atomic E-state index is 0.395. The number of fused-ring (bicyclic) bond motifs is 1. The van der Waals surface area contributed by atoms with Crippen LogP contribution in [0.15, 0.2) is 42.6 Å². The zero-order valence-electron chi connectivity index (χ0n) is 14.8. The number of nitrogen functional groups attached to an aromatic ring is 1. The number of aromatic nitrogens is 1. The minimum Gasteiger partial charge on any atom is -0.496 e. The zero-order valence-corrected chi connectivity index (χ0v) is 14.8. The predicted octanol–water partition coefficient (Wildman–Crippen LogP) is 3.24. The van der Waals surface area contributed by atoms with E-state index < -0.39 is 5.97 Å². The molecule has 2 aromatic carbocycles. The normalized spacial score (nSPS) is 10.5. The van der Waals surface area contributed by atoms with Crippen molar-refractivity contribution in [2.45, 2.75) is 13.0 Å². The summed E-state index contributed by atoms with van der Waals surface area (Å²) >= 11 is 0. The highest BCUT2D eigenvalue weighted by Crippen LogP contribution is 2.29. The van der Waals surface area contributed by atoms with Crippen LogP contribution in [0.2, 0.25) is 0 Å². The lowest BCUT2D eigenvalue weighted by Gasteiger charge is -2.10. The van der Waals surface area contributed by atoms with Crippen molar-refractivity contribution in [3.05, 3.63) is 59.3 Å². The third-order valence-electron chi connectivity index (χ3n) is 4.34. The Morgan fingerprint density at radius 2 is 2.00 bits per heavy atom. The van der Waals surface area contributed by atoms with E-state index in [2.05, 4.69) is 5.92 Å². The van der Waals surface area contributed by atoms with Gasteiger partial charge in [0.25, 0.3) is 0 Å². The summed E-state index contributed by atoms with van der Waals surface area (Å²) in [5.74, 6) is 2.91. The molecule has 0 aliphatic heterocycles. The smallest absolute Gasteiger partial charge is 0.337 e. The highest BCUT2D eigenvalue weighted by atomic mass is 16.5. The standard InChI is InChI=1S/C21H20N2O3/c1-4-9-23-13-16(18-12-17(22)7-8-19(18)23)10-14-5-6-15(21(24)26-3)11-20(14)25-2/h1,5-8,11-13H,9-10,22H2,2-3H3. The van der Waals surface area contributed by atoms with Crippen LogP contribution in [0.1, 0.15) is 21.5 Å². The molecule has 0 bridgehead atoms. The van der Waals surface area contributed by atoms with Crippen LogP contribution in [0.5, 0.6) is 5.75 Å². The number of rotatable bonds is 5. The van der Waals surface area contributed by atoms with Crippen LogP contribution in [0.25, 0.3) is 10.9 Å². The first-order chi connectivity index (χ1) is 12.6. The molecule has 0 aliphatic carbocycles. The molecule has 0 radical (unpaired) electrons. The first-order valence-electron chi connectivity index (χ1n) is 8.13. The molecular weight excluding hydrogens is 328 g/mol. The van der Waals surface area contributed by atoms with Gasteiger partial charge < -0.3 is 19.8 Å². The van der Waals surface area contributed by atoms with E-state index in [4.69, 9.17) is 21.6 Å². The summed E-state index contributed by atoms with van der Waals surface area (Å²) in [6.07, 6.45) is 8.15. The number of esters is 1. The Labute approximate surface area is 152 Å². The summed E-state index contributed by atoms with van der Waals surface area (Å²) in [6, 6.07) is 11.1. The number of hydrogen-bond donors (Lipinski definition) is 1. The topological polar surface area (TPSA) is 66.5 Å². The molecule has 26 heavy (non-hydrogen) atoms. The lowest BCUT2D eigenvalue weighted by molar-refractivity contribution is 0.0600. The average molecular weight is 348 g/mol. The quantitative estimate of drug-likeness (QED) is 0.437. The Bertz CT molecular complexity index is 1010. The Kier molecular flexibility index (Phi) is 4.85. The summed E-state index contributed by atoms with van der Waals surface area (Å²) in [4.78, 5) is 11.7. The molecule has 1 aromatic heterocycles. The molecular formula is C21H20N2O3. The maximum atomic E-state index is 11.7. The molecule has 0 aliphatic rings. The van der Waals surface area contributed by atoms with Gasteiger partial charge >= 0.3 is 5.97 Å². The van der Waals surface area contributed by atoms with Crippen LogP contribution >= 0.6 is 0 Å². The number of anilines is 1. The van der Waals surface area contributed by atoms with Crippen molar-refractivity contribution < 1.29 is 14.3 Å². The Morgan fingerprint density at radius 3 is 2.69 bits per heavy atom. The van der Waals surface area contributed by atoms with Gasteiger partial charge in [0.1, 0.15) is 5.75 Å². The fourth-order valence-electron chi connectivity index (χ4n) is 3.10. The van der Waals surface area contributed by atoms with Gasteiger partial charge in [0, 0.05) is 29.2 Å². The Morgan fingerprint density at radius 1 is 1.19 bits per heavy atom. The fourth-order valence-corrected chi connectivity index (χ4v) is 3.10. The zero-order chi connectivity index (χ0) is 18.7. The highest BCUT2D eigenvalue weighted by Gasteiger charge is 2.14. The number of carbonyl (C=O) groups excluding carboxylic acids is 1. The van der Waals surface area contributed by atoms with E-state index in [1.54, 1.807) is 19.2 Å². The second kappa shape index (κ2) is 7.24. The van der Waals surface area contributed by atoms with Gasteiger partial charge in [-0.3, -0.25) is 0 Å². The van der Waals surface area contributed by atoms with Crippen molar-refractivity contribution in [1.82, 2.24) is 4.57 Å². The molecule has 0 fully saturated rings. The third kappa shape index (κ3) is 3.22. The molecule has 5 heteroatoms. The van der Waals surface area contributed by atoms with Crippen molar-refractivity contribution in [2.24, 2.45) is 0 Å². The minimum atomic E-state index is -0.395. The first-order valence-corrected chi connectivity index (χ1v) is 8.13. The van der Waals surface area contributed by atoms with Gasteiger partial charge in [0.15, 0.2) is 0 Å². The summed E-state index contributed by atoms with van der Waals surface area (Å²) < 4.78 is 12.3. The van der Waals surface area contributed by atoms with Gasteiger partial charge in [-0.25, -0.2) is 4.79 Å². The molecule has 0 unspecified atom stereocenters. The monoisotopic (exact) mass is 348 g/mol. The van der Waals surface area contributed by atoms with Crippen LogP contribution in [-0.4, -0.2) is 24.8 Å². The summed E-state index contributed by atoms with van der Waals surface area (Å²) in [5, 5.41) is 1.05. The summed E-state index contributed by atoms with van der Waals surface area (Å²) in [7, 11) is 2.94. The number of nitrogens with zero attached hydrogens (tertiary/aromatic N) is 1. The van der Waals surface area contributed by atoms with E-state index in [-0.39, 0.29) is 0 Å². The van der Waals surface area contributed by atoms with E-state index in [0.29, 0.717) is 30.0 Å². The lowest BCUT2D eigenvalue weighted by atomic mass is 10.0. The average Bonchev–Trinajstić information content (AvgIpc) is 2.98. The Balaban J connectivity index is 2.05. The molecule has 0 saturated carbocycles. The van der Waals surface area contributed by atoms with Gasteiger partial charge in [-0.2, -0.15) is 0 Å². The molecule has 0 amide bonds. The Hall–Kier alpha value is -3.39. The third-order valence-corrected chi connectivity index (χ3v) is 4.34. The second-order valence-corrected chi connectivity index (χ2v) is 5.96. The first kappa shape index (κ1) is 17.4. The number of terminal acetylenes is 1. The van der Waals surface area contributed by atoms with Crippen LogP contribution in [0.3, 0.4) is 0 Å². The largest absolute Gasteiger partial charge is 0.496 e. The van der Waals surface area contributed by atoms with E-state index in [9.17, 15) is 4.79 Å². The van der Waals surface area contributed by atoms with Crippen LogP contribution in [0, 0.1) is 12.3 Å². The van der Waals surface area contributed by atoms with E-state index >= 15 is 0 Å². The van der Waals surface area contributed by atoms with Gasteiger partial charge in [0.2, 0.25) is 0 Å².